The second-order valence-electron chi connectivity index (χ2n) is 3.06. The molecule has 0 fully saturated rings. The van der Waals surface area contributed by atoms with E-state index in [0.717, 1.165) is 22.3 Å². The third kappa shape index (κ3) is 2.05. The average Bonchev–Trinajstić information content (AvgIpc) is 2.19. The van der Waals surface area contributed by atoms with Gasteiger partial charge in [0.1, 0.15) is 0 Å². The molecule has 0 atom stereocenters. The van der Waals surface area contributed by atoms with Crippen LogP contribution in [-0.2, 0) is 0 Å². The molecule has 1 heteroatoms. The Morgan fingerprint density at radius 2 is 2.29 bits per heavy atom. The van der Waals surface area contributed by atoms with Gasteiger partial charge in [-0.25, -0.2) is 0 Å². The number of terminal acetylenes is 1. The van der Waals surface area contributed by atoms with E-state index in [1.54, 1.807) is 6.08 Å². The Balaban J connectivity index is 3.14. The van der Waals surface area contributed by atoms with Crippen molar-refractivity contribution in [3.8, 4) is 12.3 Å². The summed E-state index contributed by atoms with van der Waals surface area (Å²) in [6.07, 6.45) is 8.60. The van der Waals surface area contributed by atoms with E-state index in [-0.39, 0.29) is 0 Å². The van der Waals surface area contributed by atoms with Crippen molar-refractivity contribution in [2.24, 2.45) is 5.73 Å². The summed E-state index contributed by atoms with van der Waals surface area (Å²) in [5.41, 5.74) is 9.15. The molecule has 2 N–H and O–H groups in total. The Morgan fingerprint density at radius 3 is 2.86 bits per heavy atom. The van der Waals surface area contributed by atoms with Gasteiger partial charge in [-0.1, -0.05) is 24.6 Å². The van der Waals surface area contributed by atoms with Gasteiger partial charge in [0, 0.05) is 5.56 Å². The maximum absolute atomic E-state index is 5.37. The van der Waals surface area contributed by atoms with Crippen molar-refractivity contribution in [2.45, 2.75) is 6.92 Å². The first-order chi connectivity index (χ1) is 6.69. The SMILES string of the molecule is C#Cc1cc(C(=C)/C=C\N)ccc1C. The van der Waals surface area contributed by atoms with Crippen LogP contribution in [0.15, 0.2) is 37.1 Å². The highest BCUT2D eigenvalue weighted by Crippen LogP contribution is 2.17. The molecule has 0 aliphatic rings. The summed E-state index contributed by atoms with van der Waals surface area (Å²) in [4.78, 5) is 0. The van der Waals surface area contributed by atoms with Crippen molar-refractivity contribution < 1.29 is 0 Å². The fourth-order valence-electron chi connectivity index (χ4n) is 1.19. The molecule has 0 saturated heterocycles. The highest BCUT2D eigenvalue weighted by atomic mass is 14.5. The van der Waals surface area contributed by atoms with Crippen LogP contribution in [0.3, 0.4) is 0 Å². The molecule has 0 heterocycles. The lowest BCUT2D eigenvalue weighted by atomic mass is 10.0. The van der Waals surface area contributed by atoms with Gasteiger partial charge >= 0.3 is 0 Å². The maximum atomic E-state index is 5.37. The summed E-state index contributed by atoms with van der Waals surface area (Å²) in [5.74, 6) is 2.64. The minimum Gasteiger partial charge on any atom is -0.405 e. The van der Waals surface area contributed by atoms with Gasteiger partial charge in [-0.3, -0.25) is 0 Å². The summed E-state index contributed by atoms with van der Waals surface area (Å²) >= 11 is 0. The lowest BCUT2D eigenvalue weighted by Gasteiger charge is -2.03. The number of hydrogen-bond donors (Lipinski definition) is 1. The van der Waals surface area contributed by atoms with Crippen molar-refractivity contribution in [3.63, 3.8) is 0 Å². The van der Waals surface area contributed by atoms with Gasteiger partial charge in [0.15, 0.2) is 0 Å². The molecule has 0 radical (unpaired) electrons. The van der Waals surface area contributed by atoms with Crippen molar-refractivity contribution in [1.82, 2.24) is 0 Å². The van der Waals surface area contributed by atoms with Crippen molar-refractivity contribution in [1.29, 1.82) is 0 Å². The lowest BCUT2D eigenvalue weighted by molar-refractivity contribution is 1.42. The smallest absolute Gasteiger partial charge is 0.0277 e. The quantitative estimate of drug-likeness (QED) is 0.553. The van der Waals surface area contributed by atoms with Gasteiger partial charge in [0.25, 0.3) is 0 Å². The molecule has 1 aromatic rings. The second kappa shape index (κ2) is 4.34. The molecular formula is C13H13N. The number of aryl methyl sites for hydroxylation is 1. The predicted molar refractivity (Wildman–Crippen MR) is 61.5 cm³/mol. The first kappa shape index (κ1) is 10.1. The van der Waals surface area contributed by atoms with E-state index in [2.05, 4.69) is 12.5 Å². The summed E-state index contributed by atoms with van der Waals surface area (Å²) in [7, 11) is 0. The van der Waals surface area contributed by atoms with E-state index < -0.39 is 0 Å². The molecule has 0 saturated carbocycles. The second-order valence-corrected chi connectivity index (χ2v) is 3.06. The Kier molecular flexibility index (Phi) is 3.14. The number of hydrogen-bond acceptors (Lipinski definition) is 1. The van der Waals surface area contributed by atoms with Crippen molar-refractivity contribution in [2.75, 3.05) is 0 Å². The van der Waals surface area contributed by atoms with Crippen LogP contribution in [0, 0.1) is 19.3 Å². The lowest BCUT2D eigenvalue weighted by Crippen LogP contribution is -1.87. The van der Waals surface area contributed by atoms with Crippen LogP contribution in [0.5, 0.6) is 0 Å². The Hall–Kier alpha value is -1.94. The van der Waals surface area contributed by atoms with Crippen LogP contribution >= 0.6 is 0 Å². The number of rotatable bonds is 2. The van der Waals surface area contributed by atoms with Gasteiger partial charge in [0.05, 0.1) is 0 Å². The number of allylic oxidation sites excluding steroid dienone is 2. The molecule has 70 valence electrons. The fraction of sp³-hybridized carbons (Fsp3) is 0.0769. The van der Waals surface area contributed by atoms with Crippen LogP contribution in [-0.4, -0.2) is 0 Å². The van der Waals surface area contributed by atoms with E-state index in [0.29, 0.717) is 0 Å². The van der Waals surface area contributed by atoms with E-state index in [1.165, 1.54) is 6.20 Å². The first-order valence-corrected chi connectivity index (χ1v) is 4.34. The summed E-state index contributed by atoms with van der Waals surface area (Å²) in [6, 6.07) is 5.91. The first-order valence-electron chi connectivity index (χ1n) is 4.34. The van der Waals surface area contributed by atoms with Crippen LogP contribution in [0.25, 0.3) is 5.57 Å². The molecular weight excluding hydrogens is 170 g/mol. The predicted octanol–water partition coefficient (Wildman–Crippen LogP) is 2.46. The molecule has 1 rings (SSSR count). The van der Waals surface area contributed by atoms with Gasteiger partial charge in [-0.05, 0) is 42.0 Å². The zero-order valence-electron chi connectivity index (χ0n) is 8.25. The van der Waals surface area contributed by atoms with Gasteiger partial charge < -0.3 is 5.73 Å². The van der Waals surface area contributed by atoms with E-state index in [1.807, 2.05) is 25.1 Å². The molecule has 0 bridgehead atoms. The summed E-state index contributed by atoms with van der Waals surface area (Å²) in [6.45, 7) is 5.87. The summed E-state index contributed by atoms with van der Waals surface area (Å²) < 4.78 is 0. The number of benzene rings is 1. The van der Waals surface area contributed by atoms with Crippen LogP contribution in [0.2, 0.25) is 0 Å². The molecule has 0 unspecified atom stereocenters. The molecule has 14 heavy (non-hydrogen) atoms. The van der Waals surface area contributed by atoms with E-state index >= 15 is 0 Å². The van der Waals surface area contributed by atoms with Gasteiger partial charge in [-0.2, -0.15) is 0 Å². The zero-order valence-corrected chi connectivity index (χ0v) is 8.25. The maximum Gasteiger partial charge on any atom is 0.0277 e. The minimum atomic E-state index is 0.865. The van der Waals surface area contributed by atoms with E-state index in [9.17, 15) is 0 Å². The molecule has 0 aliphatic carbocycles. The molecule has 1 aromatic carbocycles. The summed E-state index contributed by atoms with van der Waals surface area (Å²) in [5, 5.41) is 0. The molecule has 0 aromatic heterocycles. The molecule has 0 spiro atoms. The highest BCUT2D eigenvalue weighted by molar-refractivity contribution is 5.73. The fourth-order valence-corrected chi connectivity index (χ4v) is 1.19. The third-order valence-corrected chi connectivity index (χ3v) is 2.06. The Bertz CT molecular complexity index is 419. The average molecular weight is 183 g/mol. The third-order valence-electron chi connectivity index (χ3n) is 2.06. The number of nitrogens with two attached hydrogens (primary N) is 1. The Labute approximate surface area is 84.9 Å². The standard InChI is InChI=1S/C13H13N/c1-4-12-9-13(6-5-10(12)2)11(3)7-8-14/h1,5-9H,3,14H2,2H3/b8-7-. The van der Waals surface area contributed by atoms with E-state index in [4.69, 9.17) is 12.2 Å². The highest BCUT2D eigenvalue weighted by Gasteiger charge is 1.99. The molecule has 0 aliphatic heterocycles. The Morgan fingerprint density at radius 1 is 1.57 bits per heavy atom. The van der Waals surface area contributed by atoms with Crippen LogP contribution in [0.1, 0.15) is 16.7 Å². The zero-order chi connectivity index (χ0) is 10.6. The topological polar surface area (TPSA) is 26.0 Å². The van der Waals surface area contributed by atoms with Crippen LogP contribution in [0.4, 0.5) is 0 Å². The van der Waals surface area contributed by atoms with Gasteiger partial charge in [-0.15, -0.1) is 6.42 Å². The monoisotopic (exact) mass is 183 g/mol. The van der Waals surface area contributed by atoms with Crippen molar-refractivity contribution in [3.05, 3.63) is 53.7 Å². The van der Waals surface area contributed by atoms with Gasteiger partial charge in [0.2, 0.25) is 0 Å². The minimum absolute atomic E-state index is 0.865. The largest absolute Gasteiger partial charge is 0.405 e. The molecule has 0 amide bonds. The normalized spacial score (nSPS) is 10.0. The van der Waals surface area contributed by atoms with Crippen molar-refractivity contribution >= 4 is 5.57 Å². The molecule has 1 nitrogen and oxygen atoms in total. The van der Waals surface area contributed by atoms with Crippen LogP contribution < -0.4 is 5.73 Å².